The quantitative estimate of drug-likeness (QED) is 0.779. The Morgan fingerprint density at radius 3 is 2.77 bits per heavy atom. The number of carbonyl (C=O) groups excluding carboxylic acids is 1. The van der Waals surface area contributed by atoms with E-state index in [-0.39, 0.29) is 17.2 Å². The van der Waals surface area contributed by atoms with Gasteiger partial charge in [-0.05, 0) is 44.7 Å². The molecule has 4 heteroatoms. The van der Waals surface area contributed by atoms with Crippen molar-refractivity contribution >= 4 is 5.91 Å². The average molecular weight is 302 g/mol. The first kappa shape index (κ1) is 15.5. The number of hydrogen-bond acceptors (Lipinski definition) is 3. The molecule has 2 fully saturated rings. The van der Waals surface area contributed by atoms with Crippen LogP contribution >= 0.6 is 0 Å². The van der Waals surface area contributed by atoms with Crippen LogP contribution < -0.4 is 10.6 Å². The summed E-state index contributed by atoms with van der Waals surface area (Å²) in [5.74, 6) is 0.265. The van der Waals surface area contributed by atoms with Crippen molar-refractivity contribution in [3.8, 4) is 0 Å². The Bertz CT molecular complexity index is 513. The third-order valence-electron chi connectivity index (χ3n) is 5.20. The van der Waals surface area contributed by atoms with Gasteiger partial charge in [-0.15, -0.1) is 0 Å². The van der Waals surface area contributed by atoms with Gasteiger partial charge in [0.15, 0.2) is 0 Å². The number of aliphatic hydroxyl groups is 1. The van der Waals surface area contributed by atoms with Crippen molar-refractivity contribution < 1.29 is 9.90 Å². The minimum atomic E-state index is -0.485. The highest BCUT2D eigenvalue weighted by Crippen LogP contribution is 2.54. The van der Waals surface area contributed by atoms with E-state index in [0.29, 0.717) is 12.6 Å². The fraction of sp³-hybridized carbons (Fsp3) is 0.611. The smallest absolute Gasteiger partial charge is 0.223 e. The van der Waals surface area contributed by atoms with Gasteiger partial charge in [-0.25, -0.2) is 0 Å². The molecule has 4 nitrogen and oxygen atoms in total. The molecule has 2 aliphatic rings. The number of aliphatic hydroxyl groups excluding tert-OH is 1. The molecule has 1 unspecified atom stereocenters. The summed E-state index contributed by atoms with van der Waals surface area (Å²) >= 11 is 0. The van der Waals surface area contributed by atoms with Crippen LogP contribution in [0, 0.1) is 11.3 Å². The molecule has 1 saturated carbocycles. The van der Waals surface area contributed by atoms with E-state index in [4.69, 9.17) is 0 Å². The van der Waals surface area contributed by atoms with Crippen LogP contribution in [-0.2, 0) is 4.79 Å². The van der Waals surface area contributed by atoms with Crippen molar-refractivity contribution in [2.24, 2.45) is 11.3 Å². The Morgan fingerprint density at radius 1 is 1.41 bits per heavy atom. The van der Waals surface area contributed by atoms with E-state index in [0.717, 1.165) is 37.8 Å². The first-order chi connectivity index (χ1) is 10.6. The van der Waals surface area contributed by atoms with E-state index in [1.165, 1.54) is 0 Å². The van der Waals surface area contributed by atoms with Crippen LogP contribution in [0.3, 0.4) is 0 Å². The minimum absolute atomic E-state index is 0.112. The summed E-state index contributed by atoms with van der Waals surface area (Å²) in [5.41, 5.74) is 0.792. The van der Waals surface area contributed by atoms with E-state index in [1.54, 1.807) is 0 Å². The zero-order valence-corrected chi connectivity index (χ0v) is 13.2. The molecule has 0 spiro atoms. The molecular weight excluding hydrogens is 276 g/mol. The van der Waals surface area contributed by atoms with E-state index < -0.39 is 6.10 Å². The van der Waals surface area contributed by atoms with Crippen molar-refractivity contribution in [3.63, 3.8) is 0 Å². The summed E-state index contributed by atoms with van der Waals surface area (Å²) in [6, 6.07) is 10.2. The third-order valence-corrected chi connectivity index (χ3v) is 5.20. The van der Waals surface area contributed by atoms with Gasteiger partial charge in [0.1, 0.15) is 0 Å². The van der Waals surface area contributed by atoms with Crippen molar-refractivity contribution in [1.82, 2.24) is 10.6 Å². The summed E-state index contributed by atoms with van der Waals surface area (Å²) in [6.45, 7) is 3.62. The Hall–Kier alpha value is -1.39. The second kappa shape index (κ2) is 6.39. The topological polar surface area (TPSA) is 61.4 Å². The molecule has 0 radical (unpaired) electrons. The van der Waals surface area contributed by atoms with Crippen LogP contribution in [0.4, 0.5) is 0 Å². The highest BCUT2D eigenvalue weighted by molar-refractivity contribution is 5.78. The molecular formula is C18H26N2O2. The third kappa shape index (κ3) is 3.33. The SMILES string of the molecule is C[C@H]1C[C@@H](C(=O)NCC2(C(O)c3ccccc3)CC2)CCN1. The molecule has 22 heavy (non-hydrogen) atoms. The second-order valence-electron chi connectivity index (χ2n) is 6.97. The lowest BCUT2D eigenvalue weighted by atomic mass is 9.90. The van der Waals surface area contributed by atoms with E-state index in [2.05, 4.69) is 17.6 Å². The van der Waals surface area contributed by atoms with Crippen LogP contribution in [-0.4, -0.2) is 30.1 Å². The average Bonchev–Trinajstić information content (AvgIpc) is 3.34. The van der Waals surface area contributed by atoms with Gasteiger partial charge in [-0.1, -0.05) is 30.3 Å². The lowest BCUT2D eigenvalue weighted by Gasteiger charge is -2.29. The van der Waals surface area contributed by atoms with Crippen LogP contribution in [0.2, 0.25) is 0 Å². The number of hydrogen-bond donors (Lipinski definition) is 3. The fourth-order valence-electron chi connectivity index (χ4n) is 3.47. The standard InChI is InChI=1S/C18H26N2O2/c1-13-11-15(7-10-19-13)17(22)20-12-18(8-9-18)16(21)14-5-3-2-4-6-14/h2-6,13,15-16,19,21H,7-12H2,1H3,(H,20,22)/t13-,15-,16?/m0/s1. The van der Waals surface area contributed by atoms with Crippen molar-refractivity contribution in [1.29, 1.82) is 0 Å². The minimum Gasteiger partial charge on any atom is -0.388 e. The molecule has 120 valence electrons. The number of rotatable bonds is 5. The largest absolute Gasteiger partial charge is 0.388 e. The highest BCUT2D eigenvalue weighted by Gasteiger charge is 2.49. The van der Waals surface area contributed by atoms with Gasteiger partial charge in [0, 0.05) is 23.9 Å². The lowest BCUT2D eigenvalue weighted by molar-refractivity contribution is -0.126. The van der Waals surface area contributed by atoms with Crippen molar-refractivity contribution in [3.05, 3.63) is 35.9 Å². The van der Waals surface area contributed by atoms with Crippen LogP contribution in [0.1, 0.15) is 44.3 Å². The maximum absolute atomic E-state index is 12.4. The van der Waals surface area contributed by atoms with Gasteiger partial charge in [-0.2, -0.15) is 0 Å². The predicted molar refractivity (Wildman–Crippen MR) is 86.3 cm³/mol. The predicted octanol–water partition coefficient (Wildman–Crippen LogP) is 2.00. The molecule has 1 heterocycles. The maximum atomic E-state index is 12.4. The monoisotopic (exact) mass is 302 g/mol. The molecule has 3 atom stereocenters. The Kier molecular flexibility index (Phi) is 4.50. The summed E-state index contributed by atoms with van der Waals surface area (Å²) in [5, 5.41) is 17.1. The van der Waals surface area contributed by atoms with Gasteiger partial charge in [0.05, 0.1) is 6.10 Å². The number of benzene rings is 1. The number of carbonyl (C=O) groups is 1. The molecule has 1 aromatic rings. The van der Waals surface area contributed by atoms with Crippen LogP contribution in [0.5, 0.6) is 0 Å². The van der Waals surface area contributed by atoms with E-state index in [9.17, 15) is 9.90 Å². The fourth-order valence-corrected chi connectivity index (χ4v) is 3.47. The van der Waals surface area contributed by atoms with Gasteiger partial charge in [0.2, 0.25) is 5.91 Å². The molecule has 1 aliphatic carbocycles. The first-order valence-corrected chi connectivity index (χ1v) is 8.35. The normalized spacial score (nSPS) is 27.9. The number of nitrogens with one attached hydrogen (secondary N) is 2. The number of amides is 1. The summed E-state index contributed by atoms with van der Waals surface area (Å²) in [7, 11) is 0. The highest BCUT2D eigenvalue weighted by atomic mass is 16.3. The van der Waals surface area contributed by atoms with Crippen molar-refractivity contribution in [2.75, 3.05) is 13.1 Å². The molecule has 1 saturated heterocycles. The second-order valence-corrected chi connectivity index (χ2v) is 6.97. The van der Waals surface area contributed by atoms with E-state index in [1.807, 2.05) is 30.3 Å². The molecule has 1 aliphatic heterocycles. The van der Waals surface area contributed by atoms with Gasteiger partial charge in [-0.3, -0.25) is 4.79 Å². The molecule has 1 amide bonds. The first-order valence-electron chi connectivity index (χ1n) is 8.35. The van der Waals surface area contributed by atoms with Crippen molar-refractivity contribution in [2.45, 2.75) is 44.8 Å². The molecule has 3 N–H and O–H groups in total. The molecule has 1 aromatic carbocycles. The zero-order chi connectivity index (χ0) is 15.6. The van der Waals surface area contributed by atoms with Gasteiger partial charge < -0.3 is 15.7 Å². The van der Waals surface area contributed by atoms with E-state index >= 15 is 0 Å². The zero-order valence-electron chi connectivity index (χ0n) is 13.2. The Labute approximate surface area is 132 Å². The van der Waals surface area contributed by atoms with Crippen LogP contribution in [0.15, 0.2) is 30.3 Å². The summed E-state index contributed by atoms with van der Waals surface area (Å²) < 4.78 is 0. The maximum Gasteiger partial charge on any atom is 0.223 e. The van der Waals surface area contributed by atoms with Gasteiger partial charge >= 0.3 is 0 Å². The lowest BCUT2D eigenvalue weighted by Crippen LogP contribution is -2.44. The Balaban J connectivity index is 1.55. The summed E-state index contributed by atoms with van der Waals surface area (Å²) in [6.07, 6.45) is 3.28. The van der Waals surface area contributed by atoms with Gasteiger partial charge in [0.25, 0.3) is 0 Å². The summed E-state index contributed by atoms with van der Waals surface area (Å²) in [4.78, 5) is 12.4. The molecule has 3 rings (SSSR count). The molecule has 0 aromatic heterocycles. The number of piperidine rings is 1. The Morgan fingerprint density at radius 2 is 2.14 bits per heavy atom. The molecule has 0 bridgehead atoms. The van der Waals surface area contributed by atoms with Crippen LogP contribution in [0.25, 0.3) is 0 Å².